The summed E-state index contributed by atoms with van der Waals surface area (Å²) in [6.45, 7) is 5.79. The molecule has 1 aromatic carbocycles. The van der Waals surface area contributed by atoms with Crippen molar-refractivity contribution in [2.45, 2.75) is 25.9 Å². The first-order chi connectivity index (χ1) is 8.22. The molecule has 2 rings (SSSR count). The van der Waals surface area contributed by atoms with Gasteiger partial charge in [0.1, 0.15) is 0 Å². The van der Waals surface area contributed by atoms with Crippen LogP contribution in [-0.4, -0.2) is 11.2 Å². The molecule has 1 atom stereocenters. The molecule has 0 spiro atoms. The second kappa shape index (κ2) is 5.15. The Kier molecular flexibility index (Phi) is 3.60. The van der Waals surface area contributed by atoms with E-state index in [2.05, 4.69) is 24.8 Å². The van der Waals surface area contributed by atoms with Crippen LogP contribution in [0.2, 0.25) is 0 Å². The van der Waals surface area contributed by atoms with Gasteiger partial charge in [0, 0.05) is 6.42 Å². The molecule has 1 N–H and O–H groups in total. The van der Waals surface area contributed by atoms with E-state index in [9.17, 15) is 5.11 Å². The smallest absolute Gasteiger partial charge is 0.0793 e. The number of hydrogen-bond acceptors (Lipinski definition) is 1. The number of aliphatic hydroxyl groups excluding tert-OH is 1. The first-order valence-corrected chi connectivity index (χ1v) is 5.97. The van der Waals surface area contributed by atoms with Gasteiger partial charge in [0.05, 0.1) is 6.10 Å². The maximum Gasteiger partial charge on any atom is 0.0793 e. The third kappa shape index (κ3) is 2.56. The van der Waals surface area contributed by atoms with E-state index in [1.165, 1.54) is 16.7 Å². The van der Waals surface area contributed by atoms with Crippen LogP contribution < -0.4 is 0 Å². The number of allylic oxidation sites excluding steroid dienone is 2. The van der Waals surface area contributed by atoms with Crippen LogP contribution in [0.4, 0.5) is 0 Å². The van der Waals surface area contributed by atoms with Crippen molar-refractivity contribution in [2.24, 2.45) is 0 Å². The molecule has 1 aromatic rings. The Morgan fingerprint density at radius 3 is 2.71 bits per heavy atom. The van der Waals surface area contributed by atoms with Gasteiger partial charge in [-0.05, 0) is 35.6 Å². The molecule has 1 nitrogen and oxygen atoms in total. The summed E-state index contributed by atoms with van der Waals surface area (Å²) in [5, 5.41) is 9.91. The molecule has 0 aromatic heterocycles. The van der Waals surface area contributed by atoms with Gasteiger partial charge < -0.3 is 5.11 Å². The molecule has 0 saturated heterocycles. The van der Waals surface area contributed by atoms with Crippen molar-refractivity contribution in [3.8, 4) is 0 Å². The fraction of sp³-hybridized carbons (Fsp3) is 0.250. The minimum Gasteiger partial charge on any atom is -0.388 e. The van der Waals surface area contributed by atoms with Crippen molar-refractivity contribution >= 4 is 6.08 Å². The van der Waals surface area contributed by atoms with E-state index >= 15 is 0 Å². The average Bonchev–Trinajstić information content (AvgIpc) is 2.59. The lowest BCUT2D eigenvalue weighted by atomic mass is 10.0. The van der Waals surface area contributed by atoms with E-state index in [0.29, 0.717) is 0 Å². The molecular weight excluding hydrogens is 208 g/mol. The molecule has 17 heavy (non-hydrogen) atoms. The Balaban J connectivity index is 2.34. The lowest BCUT2D eigenvalue weighted by molar-refractivity contribution is 0.219. The Hall–Kier alpha value is -1.60. The minimum atomic E-state index is -0.320. The van der Waals surface area contributed by atoms with Gasteiger partial charge in [0.2, 0.25) is 0 Å². The average molecular weight is 226 g/mol. The molecule has 1 heteroatoms. The lowest BCUT2D eigenvalue weighted by Gasteiger charge is -2.03. The van der Waals surface area contributed by atoms with Gasteiger partial charge in [-0.25, -0.2) is 0 Å². The first-order valence-electron chi connectivity index (χ1n) is 5.97. The summed E-state index contributed by atoms with van der Waals surface area (Å²) < 4.78 is 0. The van der Waals surface area contributed by atoms with Crippen LogP contribution in [0.3, 0.4) is 0 Å². The summed E-state index contributed by atoms with van der Waals surface area (Å²) in [6, 6.07) is 10.2. The van der Waals surface area contributed by atoms with E-state index in [1.54, 1.807) is 0 Å². The fourth-order valence-electron chi connectivity index (χ4n) is 2.27. The Morgan fingerprint density at radius 2 is 2.06 bits per heavy atom. The van der Waals surface area contributed by atoms with Gasteiger partial charge in [-0.3, -0.25) is 0 Å². The highest BCUT2D eigenvalue weighted by atomic mass is 16.3. The lowest BCUT2D eigenvalue weighted by Crippen LogP contribution is -2.01. The zero-order valence-electron chi connectivity index (χ0n) is 10.2. The van der Waals surface area contributed by atoms with Gasteiger partial charge in [-0.1, -0.05) is 42.5 Å². The second-order valence-corrected chi connectivity index (χ2v) is 4.45. The molecular formula is C16H18O. The fourth-order valence-corrected chi connectivity index (χ4v) is 2.27. The summed E-state index contributed by atoms with van der Waals surface area (Å²) >= 11 is 0. The molecule has 0 radical (unpaired) electrons. The van der Waals surface area contributed by atoms with Gasteiger partial charge in [0.15, 0.2) is 0 Å². The van der Waals surface area contributed by atoms with E-state index < -0.39 is 0 Å². The predicted molar refractivity (Wildman–Crippen MR) is 72.6 cm³/mol. The Morgan fingerprint density at radius 1 is 1.35 bits per heavy atom. The minimum absolute atomic E-state index is 0.320. The predicted octanol–water partition coefficient (Wildman–Crippen LogP) is 3.73. The van der Waals surface area contributed by atoms with Crippen LogP contribution in [0.1, 0.15) is 25.3 Å². The van der Waals surface area contributed by atoms with Crippen LogP contribution in [0.15, 0.2) is 59.7 Å². The van der Waals surface area contributed by atoms with Gasteiger partial charge in [0.25, 0.3) is 0 Å². The van der Waals surface area contributed by atoms with Crippen LogP contribution >= 0.6 is 0 Å². The number of rotatable bonds is 3. The second-order valence-electron chi connectivity index (χ2n) is 4.45. The molecule has 0 aliphatic heterocycles. The van der Waals surface area contributed by atoms with E-state index in [0.717, 1.165) is 18.4 Å². The molecule has 88 valence electrons. The topological polar surface area (TPSA) is 20.2 Å². The molecule has 0 fully saturated rings. The highest BCUT2D eigenvalue weighted by Gasteiger charge is 2.23. The molecule has 0 saturated carbocycles. The van der Waals surface area contributed by atoms with Crippen molar-refractivity contribution < 1.29 is 5.11 Å². The molecule has 1 aliphatic rings. The SMILES string of the molecule is C=CCC1=C(C)[C@@H](O)CC1=Cc1ccccc1. The van der Waals surface area contributed by atoms with Crippen LogP contribution in [0.5, 0.6) is 0 Å². The Bertz CT molecular complexity index is 466. The number of benzene rings is 1. The molecule has 1 aliphatic carbocycles. The summed E-state index contributed by atoms with van der Waals surface area (Å²) in [5.74, 6) is 0. The summed E-state index contributed by atoms with van der Waals surface area (Å²) in [5.41, 5.74) is 4.76. The number of hydrogen-bond donors (Lipinski definition) is 1. The largest absolute Gasteiger partial charge is 0.388 e. The van der Waals surface area contributed by atoms with Crippen molar-refractivity contribution in [3.63, 3.8) is 0 Å². The molecule has 0 amide bonds. The zero-order chi connectivity index (χ0) is 12.3. The van der Waals surface area contributed by atoms with Gasteiger partial charge >= 0.3 is 0 Å². The quantitative estimate of drug-likeness (QED) is 0.779. The maximum absolute atomic E-state index is 9.91. The standard InChI is InChI=1S/C16H18O/c1-3-7-15-12(2)16(17)11-14(15)10-13-8-5-4-6-9-13/h3-6,8-10,16-17H,1,7,11H2,2H3/t16-/m0/s1. The van der Waals surface area contributed by atoms with Crippen LogP contribution in [0.25, 0.3) is 6.08 Å². The van der Waals surface area contributed by atoms with Crippen molar-refractivity contribution in [1.29, 1.82) is 0 Å². The highest BCUT2D eigenvalue weighted by molar-refractivity contribution is 5.62. The summed E-state index contributed by atoms with van der Waals surface area (Å²) in [6.07, 6.45) is 5.31. The Labute approximate surface area is 103 Å². The number of aliphatic hydroxyl groups is 1. The normalized spacial score (nSPS) is 22.2. The molecule has 0 bridgehead atoms. The summed E-state index contributed by atoms with van der Waals surface area (Å²) in [7, 11) is 0. The molecule has 0 heterocycles. The summed E-state index contributed by atoms with van der Waals surface area (Å²) in [4.78, 5) is 0. The van der Waals surface area contributed by atoms with Crippen LogP contribution in [-0.2, 0) is 0 Å². The van der Waals surface area contributed by atoms with E-state index in [4.69, 9.17) is 0 Å². The monoisotopic (exact) mass is 226 g/mol. The van der Waals surface area contributed by atoms with Crippen molar-refractivity contribution in [1.82, 2.24) is 0 Å². The third-order valence-corrected chi connectivity index (χ3v) is 3.27. The first kappa shape index (κ1) is 11.9. The molecule has 0 unspecified atom stereocenters. The van der Waals surface area contributed by atoms with Gasteiger partial charge in [-0.15, -0.1) is 6.58 Å². The van der Waals surface area contributed by atoms with Crippen LogP contribution in [0, 0.1) is 0 Å². The van der Waals surface area contributed by atoms with E-state index in [1.807, 2.05) is 31.2 Å². The van der Waals surface area contributed by atoms with E-state index in [-0.39, 0.29) is 6.10 Å². The maximum atomic E-state index is 9.91. The highest BCUT2D eigenvalue weighted by Crippen LogP contribution is 2.35. The van der Waals surface area contributed by atoms with Gasteiger partial charge in [-0.2, -0.15) is 0 Å². The van der Waals surface area contributed by atoms with Crippen molar-refractivity contribution in [3.05, 3.63) is 65.3 Å². The van der Waals surface area contributed by atoms with Crippen molar-refractivity contribution in [2.75, 3.05) is 0 Å². The zero-order valence-corrected chi connectivity index (χ0v) is 10.2. The third-order valence-electron chi connectivity index (χ3n) is 3.27.